The third-order valence-corrected chi connectivity index (χ3v) is 17.9. The van der Waals surface area contributed by atoms with Gasteiger partial charge in [-0.1, -0.05) is 301 Å². The average molecular weight is 882 g/mol. The highest BCUT2D eigenvalue weighted by Gasteiger charge is 2.50. The van der Waals surface area contributed by atoms with Gasteiger partial charge in [-0.15, -0.1) is 0 Å². The summed E-state index contributed by atoms with van der Waals surface area (Å²) in [4.78, 5) is 0. The minimum Gasteiger partial charge on any atom is -0.405 e. The van der Waals surface area contributed by atoms with Crippen molar-refractivity contribution in [1.29, 1.82) is 0 Å². The first-order valence-corrected chi connectivity index (χ1v) is 28.9. The van der Waals surface area contributed by atoms with Crippen LogP contribution in [-0.2, 0) is 9.16 Å². The average Bonchev–Trinajstić information content (AvgIpc) is 3.27. The van der Waals surface area contributed by atoms with Crippen LogP contribution in [0.5, 0.6) is 0 Å². The maximum absolute atomic E-state index is 10.8. The molecule has 2 aromatic rings. The summed E-state index contributed by atoms with van der Waals surface area (Å²) >= 11 is 0. The Morgan fingerprint density at radius 1 is 0.419 bits per heavy atom. The topological polar surface area (TPSA) is 58.9 Å². The van der Waals surface area contributed by atoms with Crippen LogP contribution in [0.1, 0.15) is 253 Å². The van der Waals surface area contributed by atoms with Crippen molar-refractivity contribution in [3.05, 3.63) is 60.7 Å². The van der Waals surface area contributed by atoms with E-state index in [2.05, 4.69) is 95.3 Å². The fraction of sp³-hybridized carbons (Fsp3) is 0.789. The molecule has 0 aliphatic rings. The van der Waals surface area contributed by atoms with Gasteiger partial charge in [-0.3, -0.25) is 0 Å². The number of rotatable bonds is 42. The summed E-state index contributed by atoms with van der Waals surface area (Å²) in [6, 6.07) is 21.2. The maximum Gasteiger partial charge on any atom is 0.261 e. The number of benzene rings is 2. The van der Waals surface area contributed by atoms with Crippen LogP contribution in [0.25, 0.3) is 0 Å². The minimum absolute atomic E-state index is 0.0937. The third kappa shape index (κ3) is 30.6. The molecular formula is C57H104O4Si. The van der Waals surface area contributed by atoms with E-state index in [9.17, 15) is 5.11 Å². The lowest BCUT2D eigenvalue weighted by molar-refractivity contribution is 0.00890. The van der Waals surface area contributed by atoms with Gasteiger partial charge in [-0.05, 0) is 28.3 Å². The number of ether oxygens (including phenoxy) is 1. The summed E-state index contributed by atoms with van der Waals surface area (Å²) in [5.41, 5.74) is 0. The van der Waals surface area contributed by atoms with Crippen LogP contribution in [-0.4, -0.2) is 51.1 Å². The predicted octanol–water partition coefficient (Wildman–Crippen LogP) is 16.2. The first kappa shape index (κ1) is 58.5. The molecule has 2 N–H and O–H groups in total. The predicted molar refractivity (Wildman–Crippen MR) is 276 cm³/mol. The molecule has 0 radical (unpaired) electrons. The molecule has 0 saturated heterocycles. The summed E-state index contributed by atoms with van der Waals surface area (Å²) in [5, 5.41) is 21.8. The zero-order valence-electron chi connectivity index (χ0n) is 41.9. The molecule has 2 rings (SSSR count). The van der Waals surface area contributed by atoms with Gasteiger partial charge in [0.2, 0.25) is 0 Å². The van der Waals surface area contributed by atoms with Crippen molar-refractivity contribution in [2.75, 3.05) is 26.4 Å². The van der Waals surface area contributed by atoms with Crippen molar-refractivity contribution < 1.29 is 19.4 Å². The zero-order chi connectivity index (χ0) is 45.1. The summed E-state index contributed by atoms with van der Waals surface area (Å²) in [7, 11) is -2.62. The smallest absolute Gasteiger partial charge is 0.261 e. The Kier molecular flexibility index (Phi) is 39.8. The third-order valence-electron chi connectivity index (χ3n) is 12.9. The normalized spacial score (nSPS) is 12.4. The van der Waals surface area contributed by atoms with Gasteiger partial charge < -0.3 is 19.4 Å². The first-order valence-electron chi connectivity index (χ1n) is 26.9. The van der Waals surface area contributed by atoms with Crippen LogP contribution in [0.3, 0.4) is 0 Å². The quantitative estimate of drug-likeness (QED) is 0.0515. The van der Waals surface area contributed by atoms with Crippen molar-refractivity contribution in [2.24, 2.45) is 0 Å². The molecule has 0 unspecified atom stereocenters. The maximum atomic E-state index is 10.8. The van der Waals surface area contributed by atoms with E-state index < -0.39 is 14.4 Å². The van der Waals surface area contributed by atoms with Crippen LogP contribution in [0.15, 0.2) is 60.7 Å². The molecule has 0 spiro atoms. The zero-order valence-corrected chi connectivity index (χ0v) is 42.9. The van der Waals surface area contributed by atoms with E-state index in [1.54, 1.807) is 0 Å². The van der Waals surface area contributed by atoms with E-state index in [0.717, 1.165) is 19.4 Å². The van der Waals surface area contributed by atoms with Gasteiger partial charge in [-0.2, -0.15) is 0 Å². The van der Waals surface area contributed by atoms with Gasteiger partial charge in [0.1, 0.15) is 0 Å². The number of aliphatic hydroxyl groups is 2. The van der Waals surface area contributed by atoms with Crippen molar-refractivity contribution in [3.63, 3.8) is 0 Å². The highest BCUT2D eigenvalue weighted by molar-refractivity contribution is 6.99. The van der Waals surface area contributed by atoms with Crippen molar-refractivity contribution in [1.82, 2.24) is 0 Å². The molecule has 0 saturated carbocycles. The molecule has 360 valence electrons. The molecule has 0 fully saturated rings. The van der Waals surface area contributed by atoms with Crippen LogP contribution in [0.2, 0.25) is 5.04 Å². The van der Waals surface area contributed by atoms with E-state index in [4.69, 9.17) is 14.3 Å². The van der Waals surface area contributed by atoms with Gasteiger partial charge in [0.25, 0.3) is 8.32 Å². The summed E-state index contributed by atoms with van der Waals surface area (Å²) in [5.74, 6) is 0. The van der Waals surface area contributed by atoms with Gasteiger partial charge in [0, 0.05) is 13.2 Å². The molecule has 0 heterocycles. The molecule has 62 heavy (non-hydrogen) atoms. The number of hydrogen-bond acceptors (Lipinski definition) is 4. The van der Waals surface area contributed by atoms with E-state index >= 15 is 0 Å². The van der Waals surface area contributed by atoms with E-state index in [0.29, 0.717) is 13.2 Å². The fourth-order valence-electron chi connectivity index (χ4n) is 9.02. The fourth-order valence-corrected chi connectivity index (χ4v) is 13.6. The number of aliphatic hydroxyl groups excluding tert-OH is 2. The molecule has 0 bridgehead atoms. The Morgan fingerprint density at radius 3 is 1.00 bits per heavy atom. The van der Waals surface area contributed by atoms with E-state index in [1.807, 2.05) is 0 Å². The summed E-state index contributed by atoms with van der Waals surface area (Å²) in [6.07, 6.45) is 46.4. The molecular weight excluding hydrogens is 777 g/mol. The van der Waals surface area contributed by atoms with Crippen LogP contribution < -0.4 is 10.4 Å². The number of unbranched alkanes of at least 4 members (excludes halogenated alkanes) is 32. The Bertz CT molecular complexity index is 1110. The SMILES string of the molecule is CCCCCCCCCCCCCCCCCCCO.CCCCCCCCCCCCCCCCCCCOC[C@@H](O)CO[Si](c1ccccc1)(c1ccccc1)C(C)(C)C. The van der Waals surface area contributed by atoms with E-state index in [-0.39, 0.29) is 11.6 Å². The van der Waals surface area contributed by atoms with Crippen LogP contribution >= 0.6 is 0 Å². The van der Waals surface area contributed by atoms with Crippen molar-refractivity contribution in [2.45, 2.75) is 264 Å². The lowest BCUT2D eigenvalue weighted by atomic mass is 10.0. The molecule has 2 aromatic carbocycles. The summed E-state index contributed by atoms with van der Waals surface area (Å²) in [6.45, 7) is 13.1. The molecule has 0 aliphatic heterocycles. The molecule has 5 heteroatoms. The highest BCUT2D eigenvalue weighted by atomic mass is 28.4. The standard InChI is InChI=1S/C38H64O3Si.C19H40O/c1-5-6-7-8-9-10-11-12-13-14-15-16-17-18-19-20-27-32-40-33-35(39)34-41-42(38(2,3)4,36-28-23-21-24-29-36)37-30-25-22-26-31-37;1-2-3-4-5-6-7-8-9-10-11-12-13-14-15-16-17-18-19-20/h21-26,28-31,35,39H,5-20,27,32-34H2,1-4H3;20H,2-19H2,1H3/t35-;/m1./s1. The second kappa shape index (κ2) is 42.2. The second-order valence-electron chi connectivity index (χ2n) is 19.7. The molecule has 0 aliphatic carbocycles. The van der Waals surface area contributed by atoms with E-state index in [1.165, 1.54) is 216 Å². The first-order chi connectivity index (χ1) is 30.3. The van der Waals surface area contributed by atoms with Gasteiger partial charge in [0.15, 0.2) is 0 Å². The van der Waals surface area contributed by atoms with Crippen LogP contribution in [0.4, 0.5) is 0 Å². The molecule has 4 nitrogen and oxygen atoms in total. The second-order valence-corrected chi connectivity index (χ2v) is 24.0. The van der Waals surface area contributed by atoms with Crippen LogP contribution in [0, 0.1) is 0 Å². The Hall–Kier alpha value is -1.50. The number of hydrogen-bond donors (Lipinski definition) is 2. The Labute approximate surface area is 387 Å². The highest BCUT2D eigenvalue weighted by Crippen LogP contribution is 2.36. The van der Waals surface area contributed by atoms with Gasteiger partial charge in [0.05, 0.1) is 19.3 Å². The monoisotopic (exact) mass is 881 g/mol. The van der Waals surface area contributed by atoms with Crippen molar-refractivity contribution in [3.8, 4) is 0 Å². The Morgan fingerprint density at radius 2 is 0.710 bits per heavy atom. The summed E-state index contributed by atoms with van der Waals surface area (Å²) < 4.78 is 12.7. The van der Waals surface area contributed by atoms with Gasteiger partial charge in [-0.25, -0.2) is 0 Å². The lowest BCUT2D eigenvalue weighted by Crippen LogP contribution is -2.67. The molecule has 0 amide bonds. The lowest BCUT2D eigenvalue weighted by Gasteiger charge is -2.43. The largest absolute Gasteiger partial charge is 0.405 e. The Balaban J connectivity index is 0.000000807. The minimum atomic E-state index is -2.62. The van der Waals surface area contributed by atoms with Crippen molar-refractivity contribution >= 4 is 18.7 Å². The van der Waals surface area contributed by atoms with Gasteiger partial charge >= 0.3 is 0 Å². The molecule has 0 aromatic heterocycles. The molecule has 1 atom stereocenters.